The molecule has 0 aromatic carbocycles. The van der Waals surface area contributed by atoms with Gasteiger partial charge in [0.1, 0.15) is 11.8 Å². The summed E-state index contributed by atoms with van der Waals surface area (Å²) in [5.74, 6) is 2.82. The molecule has 3 aliphatic carbocycles. The van der Waals surface area contributed by atoms with Crippen molar-refractivity contribution in [2.24, 2.45) is 17.3 Å². The summed E-state index contributed by atoms with van der Waals surface area (Å²) in [7, 11) is 0. The first-order valence-corrected chi connectivity index (χ1v) is 4.55. The van der Waals surface area contributed by atoms with E-state index in [0.29, 0.717) is 11.3 Å². The number of fused-ring (bicyclic) bond motifs is 2. The molecule has 0 radical (unpaired) electrons. The maximum absolute atomic E-state index is 9.57. The normalized spacial score (nSPS) is 46.9. The van der Waals surface area contributed by atoms with Gasteiger partial charge in [0.05, 0.1) is 6.92 Å². The number of aliphatic hydroxyl groups is 1. The van der Waals surface area contributed by atoms with Crippen LogP contribution in [0.4, 0.5) is 0 Å². The second-order valence-electron chi connectivity index (χ2n) is 4.80. The minimum Gasteiger partial charge on any atom is -0.353 e. The van der Waals surface area contributed by atoms with Gasteiger partial charge in [0.15, 0.2) is 6.10 Å². The van der Waals surface area contributed by atoms with Crippen molar-refractivity contribution in [2.45, 2.75) is 39.7 Å². The summed E-state index contributed by atoms with van der Waals surface area (Å²) in [5, 5.41) is 9.57. The Kier molecular flexibility index (Phi) is 1.32. The summed E-state index contributed by atoms with van der Waals surface area (Å²) in [6, 6.07) is 0. The maximum Gasteiger partial charge on any atom is 0.197 e. The lowest BCUT2D eigenvalue weighted by atomic mass is 9.45. The van der Waals surface area contributed by atoms with E-state index in [1.165, 1.54) is 12.3 Å². The standard InChI is InChI=1S/C10H17O/c1-6-8-4-7(5-9(6)11)10(8,2)3/h7-9,11H,4-5H2,1-3H3/q+1/t7-,8+,9+/m1/s1. The van der Waals surface area contributed by atoms with Crippen LogP contribution in [-0.4, -0.2) is 11.2 Å². The zero-order valence-corrected chi connectivity index (χ0v) is 7.59. The van der Waals surface area contributed by atoms with E-state index in [1.807, 2.05) is 0 Å². The van der Waals surface area contributed by atoms with E-state index in [0.717, 1.165) is 12.3 Å². The Hall–Kier alpha value is -0.170. The molecule has 3 saturated carbocycles. The molecule has 11 heavy (non-hydrogen) atoms. The van der Waals surface area contributed by atoms with Gasteiger partial charge in [-0.3, -0.25) is 0 Å². The van der Waals surface area contributed by atoms with Crippen molar-refractivity contribution in [1.29, 1.82) is 0 Å². The van der Waals surface area contributed by atoms with E-state index in [4.69, 9.17) is 0 Å². The molecule has 1 nitrogen and oxygen atoms in total. The largest absolute Gasteiger partial charge is 0.353 e. The highest BCUT2D eigenvalue weighted by molar-refractivity contribution is 5.17. The summed E-state index contributed by atoms with van der Waals surface area (Å²) in [6.07, 6.45) is 2.25. The van der Waals surface area contributed by atoms with Gasteiger partial charge in [-0.2, -0.15) is 0 Å². The minimum absolute atomic E-state index is 0.0909. The monoisotopic (exact) mass is 153 g/mol. The molecular formula is C10H17O+. The Balaban J connectivity index is 2.17. The predicted octanol–water partition coefficient (Wildman–Crippen LogP) is 2.01. The van der Waals surface area contributed by atoms with Gasteiger partial charge in [-0.05, 0) is 12.3 Å². The van der Waals surface area contributed by atoms with Crippen LogP contribution >= 0.6 is 0 Å². The fourth-order valence-electron chi connectivity index (χ4n) is 2.88. The van der Waals surface area contributed by atoms with Gasteiger partial charge in [-0.15, -0.1) is 0 Å². The van der Waals surface area contributed by atoms with Crippen LogP contribution in [0.15, 0.2) is 0 Å². The van der Waals surface area contributed by atoms with Crippen molar-refractivity contribution < 1.29 is 5.11 Å². The van der Waals surface area contributed by atoms with E-state index in [2.05, 4.69) is 20.8 Å². The number of hydrogen-bond donors (Lipinski definition) is 1. The summed E-state index contributed by atoms with van der Waals surface area (Å²) >= 11 is 0. The smallest absolute Gasteiger partial charge is 0.197 e. The van der Waals surface area contributed by atoms with E-state index >= 15 is 0 Å². The van der Waals surface area contributed by atoms with Crippen LogP contribution < -0.4 is 0 Å². The van der Waals surface area contributed by atoms with Crippen molar-refractivity contribution in [3.8, 4) is 0 Å². The maximum atomic E-state index is 9.57. The van der Waals surface area contributed by atoms with Gasteiger partial charge in [-0.1, -0.05) is 13.8 Å². The fraction of sp³-hybridized carbons (Fsp3) is 0.900. The molecule has 3 fully saturated rings. The third-order valence-corrected chi connectivity index (χ3v) is 4.05. The summed E-state index contributed by atoms with van der Waals surface area (Å²) < 4.78 is 0. The van der Waals surface area contributed by atoms with Gasteiger partial charge in [0.2, 0.25) is 0 Å². The third-order valence-electron chi connectivity index (χ3n) is 4.05. The molecule has 0 spiro atoms. The molecule has 0 heterocycles. The van der Waals surface area contributed by atoms with Crippen molar-refractivity contribution >= 4 is 0 Å². The zero-order chi connectivity index (χ0) is 8.22. The Morgan fingerprint density at radius 1 is 1.36 bits per heavy atom. The van der Waals surface area contributed by atoms with Crippen LogP contribution in [0.5, 0.6) is 0 Å². The van der Waals surface area contributed by atoms with Crippen LogP contribution in [0.1, 0.15) is 33.6 Å². The van der Waals surface area contributed by atoms with Crippen molar-refractivity contribution in [3.63, 3.8) is 0 Å². The number of rotatable bonds is 0. The van der Waals surface area contributed by atoms with Crippen molar-refractivity contribution in [1.82, 2.24) is 0 Å². The van der Waals surface area contributed by atoms with E-state index in [1.54, 1.807) is 0 Å². The molecule has 0 aliphatic heterocycles. The molecule has 1 N–H and O–H groups in total. The molecule has 0 saturated heterocycles. The highest BCUT2D eigenvalue weighted by atomic mass is 16.3. The lowest BCUT2D eigenvalue weighted by Gasteiger charge is -2.54. The van der Waals surface area contributed by atoms with Gasteiger partial charge in [0, 0.05) is 11.8 Å². The molecule has 1 heteroatoms. The van der Waals surface area contributed by atoms with Crippen molar-refractivity contribution in [2.75, 3.05) is 0 Å². The van der Waals surface area contributed by atoms with E-state index < -0.39 is 0 Å². The quantitative estimate of drug-likeness (QED) is 0.528. The average molecular weight is 153 g/mol. The molecule has 2 bridgehead atoms. The summed E-state index contributed by atoms with van der Waals surface area (Å²) in [6.45, 7) is 6.79. The number of aliphatic hydroxyl groups excluding tert-OH is 1. The van der Waals surface area contributed by atoms with Gasteiger partial charge in [0.25, 0.3) is 0 Å². The van der Waals surface area contributed by atoms with Gasteiger partial charge in [-0.25, -0.2) is 0 Å². The Labute approximate surface area is 68.8 Å². The molecule has 0 amide bonds. The Morgan fingerprint density at radius 2 is 2.00 bits per heavy atom. The van der Waals surface area contributed by atoms with E-state index in [-0.39, 0.29) is 6.10 Å². The molecule has 3 rings (SSSR count). The van der Waals surface area contributed by atoms with Gasteiger partial charge < -0.3 is 5.11 Å². The Morgan fingerprint density at radius 3 is 2.36 bits per heavy atom. The van der Waals surface area contributed by atoms with Crippen LogP contribution in [0.2, 0.25) is 0 Å². The fourth-order valence-corrected chi connectivity index (χ4v) is 2.88. The molecule has 3 aliphatic rings. The second-order valence-corrected chi connectivity index (χ2v) is 4.80. The first-order valence-electron chi connectivity index (χ1n) is 4.55. The van der Waals surface area contributed by atoms with Gasteiger partial charge >= 0.3 is 0 Å². The highest BCUT2D eigenvalue weighted by Crippen LogP contribution is 2.61. The first-order chi connectivity index (χ1) is 5.03. The Bertz CT molecular complexity index is 174. The zero-order valence-electron chi connectivity index (χ0n) is 7.59. The molecule has 0 aromatic rings. The second kappa shape index (κ2) is 1.95. The van der Waals surface area contributed by atoms with E-state index in [9.17, 15) is 5.11 Å². The SMILES string of the molecule is C[C+]1[C@@H](O)C[C@H]2C[C@@H]1C2(C)C. The summed E-state index contributed by atoms with van der Waals surface area (Å²) in [4.78, 5) is 0. The van der Waals surface area contributed by atoms with Crippen LogP contribution in [0.3, 0.4) is 0 Å². The molecule has 0 aromatic heterocycles. The lowest BCUT2D eigenvalue weighted by molar-refractivity contribution is -0.0935. The van der Waals surface area contributed by atoms with Crippen LogP contribution in [0.25, 0.3) is 0 Å². The average Bonchev–Trinajstić information content (AvgIpc) is 1.93. The minimum atomic E-state index is -0.0909. The molecular weight excluding hydrogens is 136 g/mol. The first kappa shape index (κ1) is 7.48. The predicted molar refractivity (Wildman–Crippen MR) is 44.9 cm³/mol. The third kappa shape index (κ3) is 0.778. The highest BCUT2D eigenvalue weighted by Gasteiger charge is 2.63. The van der Waals surface area contributed by atoms with Crippen LogP contribution in [0, 0.1) is 23.2 Å². The van der Waals surface area contributed by atoms with Crippen LogP contribution in [-0.2, 0) is 0 Å². The lowest BCUT2D eigenvalue weighted by Crippen LogP contribution is -2.55. The molecule has 62 valence electrons. The molecule has 3 atom stereocenters. The number of hydrogen-bond acceptors (Lipinski definition) is 1. The molecule has 0 unspecified atom stereocenters. The van der Waals surface area contributed by atoms with Crippen molar-refractivity contribution in [3.05, 3.63) is 5.92 Å². The topological polar surface area (TPSA) is 20.2 Å². The summed E-state index contributed by atoms with van der Waals surface area (Å²) in [5.41, 5.74) is 0.489.